The van der Waals surface area contributed by atoms with E-state index in [1.54, 1.807) is 23.0 Å². The number of aromatic nitrogens is 4. The second kappa shape index (κ2) is 7.39. The van der Waals surface area contributed by atoms with E-state index < -0.39 is 5.41 Å². The summed E-state index contributed by atoms with van der Waals surface area (Å²) in [5.74, 6) is 0.908. The maximum atomic E-state index is 13.2. The first-order valence-corrected chi connectivity index (χ1v) is 12.0. The fourth-order valence-corrected chi connectivity index (χ4v) is 5.93. The third-order valence-corrected chi connectivity index (χ3v) is 7.80. The molecule has 0 bridgehead atoms. The molecule has 4 aromatic rings. The normalized spacial score (nSPS) is 19.3. The van der Waals surface area contributed by atoms with Gasteiger partial charge in [0.05, 0.1) is 17.5 Å². The van der Waals surface area contributed by atoms with Crippen molar-refractivity contribution in [3.05, 3.63) is 88.2 Å². The molecule has 1 unspecified atom stereocenters. The van der Waals surface area contributed by atoms with Crippen molar-refractivity contribution in [3.63, 3.8) is 0 Å². The van der Waals surface area contributed by atoms with Gasteiger partial charge in [0.1, 0.15) is 17.9 Å². The van der Waals surface area contributed by atoms with Gasteiger partial charge in [-0.05, 0) is 48.2 Å². The Kier molecular flexibility index (Phi) is 4.30. The van der Waals surface area contributed by atoms with Crippen molar-refractivity contribution in [1.82, 2.24) is 19.1 Å². The number of hydrogen-bond acceptors (Lipinski definition) is 6. The lowest BCUT2D eigenvalue weighted by Gasteiger charge is -2.26. The fourth-order valence-electron chi connectivity index (χ4n) is 5.93. The summed E-state index contributed by atoms with van der Waals surface area (Å²) >= 11 is 0. The molecule has 2 aliphatic heterocycles. The summed E-state index contributed by atoms with van der Waals surface area (Å²) in [7, 11) is 1.87. The highest BCUT2D eigenvalue weighted by Crippen LogP contribution is 2.47. The number of nitrogens with one attached hydrogen (secondary N) is 2. The van der Waals surface area contributed by atoms with Crippen LogP contribution in [0.2, 0.25) is 0 Å². The van der Waals surface area contributed by atoms with Crippen LogP contribution >= 0.6 is 0 Å². The van der Waals surface area contributed by atoms with Crippen molar-refractivity contribution in [3.8, 4) is 0 Å². The molecule has 5 heterocycles. The van der Waals surface area contributed by atoms with Crippen LogP contribution in [-0.4, -0.2) is 38.0 Å². The van der Waals surface area contributed by atoms with E-state index in [0.29, 0.717) is 47.7 Å². The van der Waals surface area contributed by atoms with Crippen LogP contribution in [-0.2, 0) is 40.9 Å². The van der Waals surface area contributed by atoms with Gasteiger partial charge in [0.15, 0.2) is 5.82 Å². The first-order valence-electron chi connectivity index (χ1n) is 12.0. The van der Waals surface area contributed by atoms with Gasteiger partial charge in [-0.1, -0.05) is 18.7 Å². The minimum Gasteiger partial charge on any atom is -0.330 e. The fraction of sp³-hybridized carbons (Fsp3) is 0.222. The first-order chi connectivity index (χ1) is 17.9. The molecule has 1 spiro atoms. The van der Waals surface area contributed by atoms with E-state index in [1.165, 1.54) is 4.57 Å². The van der Waals surface area contributed by atoms with Gasteiger partial charge < -0.3 is 15.5 Å². The summed E-state index contributed by atoms with van der Waals surface area (Å²) in [5.41, 5.74) is 4.79. The number of benzene rings is 1. The summed E-state index contributed by atoms with van der Waals surface area (Å²) in [5, 5.41) is 5.84. The molecule has 1 aromatic carbocycles. The number of allylic oxidation sites excluding steroid dienone is 1. The Bertz CT molecular complexity index is 1750. The molecule has 184 valence electrons. The van der Waals surface area contributed by atoms with Crippen LogP contribution in [0.3, 0.4) is 0 Å². The zero-order valence-electron chi connectivity index (χ0n) is 20.1. The lowest BCUT2D eigenvalue weighted by molar-refractivity contribution is -0.120. The van der Waals surface area contributed by atoms with Crippen LogP contribution in [0.4, 0.5) is 17.3 Å². The summed E-state index contributed by atoms with van der Waals surface area (Å²) in [6.07, 6.45) is 4.43. The molecule has 3 aliphatic rings. The van der Waals surface area contributed by atoms with Crippen molar-refractivity contribution in [2.45, 2.75) is 31.3 Å². The van der Waals surface area contributed by atoms with Gasteiger partial charge in [0, 0.05) is 36.4 Å². The molecule has 0 radical (unpaired) electrons. The van der Waals surface area contributed by atoms with E-state index >= 15 is 0 Å². The summed E-state index contributed by atoms with van der Waals surface area (Å²) in [6.45, 7) is 4.24. The van der Waals surface area contributed by atoms with Crippen LogP contribution in [0, 0.1) is 0 Å². The zero-order chi connectivity index (χ0) is 25.5. The smallest absolute Gasteiger partial charge is 0.330 e. The van der Waals surface area contributed by atoms with E-state index in [2.05, 4.69) is 27.2 Å². The quantitative estimate of drug-likeness (QED) is 0.452. The third-order valence-electron chi connectivity index (χ3n) is 7.80. The molecule has 0 saturated carbocycles. The number of nitrogens with zero attached hydrogens (tertiary/aromatic N) is 5. The number of carbonyl (C=O) groups excluding carboxylic acids is 2. The second-order valence-corrected chi connectivity index (χ2v) is 9.90. The third kappa shape index (κ3) is 2.95. The zero-order valence-corrected chi connectivity index (χ0v) is 20.1. The van der Waals surface area contributed by atoms with Crippen LogP contribution < -0.4 is 21.2 Å². The molecular weight excluding hydrogens is 470 g/mol. The minimum atomic E-state index is -0.668. The average Bonchev–Trinajstić information content (AvgIpc) is 3.49. The van der Waals surface area contributed by atoms with Gasteiger partial charge in [-0.3, -0.25) is 18.7 Å². The molecule has 0 fully saturated rings. The van der Waals surface area contributed by atoms with E-state index in [4.69, 9.17) is 0 Å². The summed E-state index contributed by atoms with van der Waals surface area (Å²) in [4.78, 5) is 49.8. The molecule has 10 nitrogen and oxygen atoms in total. The number of amides is 2. The second-order valence-electron chi connectivity index (χ2n) is 9.90. The molecule has 7 rings (SSSR count). The molecular formula is C27H23N7O3. The van der Waals surface area contributed by atoms with Crippen LogP contribution in [0.15, 0.2) is 65.9 Å². The minimum absolute atomic E-state index is 0.0432. The van der Waals surface area contributed by atoms with Crippen molar-refractivity contribution in [2.24, 2.45) is 0 Å². The maximum absolute atomic E-state index is 13.2. The number of anilines is 3. The molecule has 2 amide bonds. The number of carbonyl (C=O) groups is 2. The predicted octanol–water partition coefficient (Wildman–Crippen LogP) is 2.18. The van der Waals surface area contributed by atoms with E-state index in [-0.39, 0.29) is 24.0 Å². The van der Waals surface area contributed by atoms with E-state index in [0.717, 1.165) is 22.4 Å². The standard InChI is InChI=1S/C27H23N7O3/c1-15-13-34-22-20(7-9-29-24(22)32(15)2)33(26(34)37)14-21(35)30-18-6-5-16-11-27(12-17(16)10-18)19-4-3-8-28-23(19)31-25(27)36/h3-10H,1,11-14H2,2H3,(H,30,35)(H,28,31,36). The molecule has 3 aromatic heterocycles. The SMILES string of the molecule is C=C1Cn2c(=O)n(CC(=O)Nc3ccc4c(c3)CC3(C4)C(=O)Nc4ncccc43)c3ccnc(c32)N1C. The highest BCUT2D eigenvalue weighted by Gasteiger charge is 2.51. The lowest BCUT2D eigenvalue weighted by atomic mass is 9.79. The highest BCUT2D eigenvalue weighted by atomic mass is 16.2. The van der Waals surface area contributed by atoms with Crippen LogP contribution in [0.5, 0.6) is 0 Å². The maximum Gasteiger partial charge on any atom is 0.330 e. The molecule has 0 saturated heterocycles. The van der Waals surface area contributed by atoms with Crippen molar-refractivity contribution in [1.29, 1.82) is 0 Å². The monoisotopic (exact) mass is 493 g/mol. The number of rotatable bonds is 3. The molecule has 37 heavy (non-hydrogen) atoms. The van der Waals surface area contributed by atoms with Gasteiger partial charge >= 0.3 is 5.69 Å². The Morgan fingerprint density at radius 2 is 1.97 bits per heavy atom. The molecule has 1 aliphatic carbocycles. The molecule has 2 N–H and O–H groups in total. The van der Waals surface area contributed by atoms with Crippen molar-refractivity contribution in [2.75, 3.05) is 22.6 Å². The number of hydrogen-bond donors (Lipinski definition) is 2. The Morgan fingerprint density at radius 1 is 1.14 bits per heavy atom. The van der Waals surface area contributed by atoms with Gasteiger partial charge in [0.25, 0.3) is 0 Å². The van der Waals surface area contributed by atoms with Gasteiger partial charge in [-0.15, -0.1) is 0 Å². The number of fused-ring (bicyclic) bond motifs is 3. The topological polar surface area (TPSA) is 114 Å². The van der Waals surface area contributed by atoms with Gasteiger partial charge in [0.2, 0.25) is 11.8 Å². The summed E-state index contributed by atoms with van der Waals surface area (Å²) in [6, 6.07) is 11.3. The Hall–Kier alpha value is -4.73. The van der Waals surface area contributed by atoms with E-state index in [9.17, 15) is 14.4 Å². The van der Waals surface area contributed by atoms with Gasteiger partial charge in [-0.25, -0.2) is 14.8 Å². The number of imidazole rings is 1. The van der Waals surface area contributed by atoms with Gasteiger partial charge in [-0.2, -0.15) is 0 Å². The van der Waals surface area contributed by atoms with Crippen molar-refractivity contribution < 1.29 is 9.59 Å². The van der Waals surface area contributed by atoms with Crippen LogP contribution in [0.1, 0.15) is 16.7 Å². The molecule has 10 heteroatoms. The number of likely N-dealkylation sites (N-methyl/N-ethyl adjacent to an activating group) is 1. The van der Waals surface area contributed by atoms with Crippen molar-refractivity contribution >= 4 is 40.2 Å². The van der Waals surface area contributed by atoms with Crippen LogP contribution in [0.25, 0.3) is 11.0 Å². The first kappa shape index (κ1) is 21.5. The Morgan fingerprint density at radius 3 is 2.84 bits per heavy atom. The Balaban J connectivity index is 1.16. The summed E-state index contributed by atoms with van der Waals surface area (Å²) < 4.78 is 3.08. The van der Waals surface area contributed by atoms with E-state index in [1.807, 2.05) is 42.3 Å². The molecule has 1 atom stereocenters. The lowest BCUT2D eigenvalue weighted by Crippen LogP contribution is -2.35. The highest BCUT2D eigenvalue weighted by molar-refractivity contribution is 6.06. The number of pyridine rings is 2. The Labute approximate surface area is 211 Å². The average molecular weight is 494 g/mol. The largest absolute Gasteiger partial charge is 0.330 e. The predicted molar refractivity (Wildman–Crippen MR) is 139 cm³/mol.